The molecule has 1 saturated heterocycles. The van der Waals surface area contributed by atoms with E-state index in [9.17, 15) is 9.59 Å². The van der Waals surface area contributed by atoms with Gasteiger partial charge in [0, 0.05) is 37.3 Å². The maximum atomic E-state index is 12.9. The van der Waals surface area contributed by atoms with Crippen LogP contribution in [0.25, 0.3) is 0 Å². The summed E-state index contributed by atoms with van der Waals surface area (Å²) in [6, 6.07) is 15.0. The Morgan fingerprint density at radius 1 is 0.926 bits per heavy atom. The van der Waals surface area contributed by atoms with Gasteiger partial charge in [0.25, 0.3) is 5.91 Å². The molecule has 1 amide bonds. The SMILES string of the molecule is Cc1ccc(C(=O)N2[C@H](C)CN(Cc3ccc(C(=O)O)cc3)C[C@@H]2C)cc1. The third-order valence-electron chi connectivity index (χ3n) is 5.13. The third kappa shape index (κ3) is 4.37. The molecule has 2 aromatic carbocycles. The quantitative estimate of drug-likeness (QED) is 0.901. The van der Waals surface area contributed by atoms with Crippen molar-refractivity contribution in [2.24, 2.45) is 0 Å². The van der Waals surface area contributed by atoms with E-state index < -0.39 is 5.97 Å². The monoisotopic (exact) mass is 366 g/mol. The second-order valence-corrected chi connectivity index (χ2v) is 7.47. The Balaban J connectivity index is 1.66. The summed E-state index contributed by atoms with van der Waals surface area (Å²) in [5, 5.41) is 9.01. The van der Waals surface area contributed by atoms with Crippen molar-refractivity contribution in [3.05, 3.63) is 70.8 Å². The predicted octanol–water partition coefficient (Wildman–Crippen LogP) is 3.43. The van der Waals surface area contributed by atoms with Gasteiger partial charge in [0.05, 0.1) is 5.56 Å². The molecule has 142 valence electrons. The first-order chi connectivity index (χ1) is 12.8. The van der Waals surface area contributed by atoms with Crippen molar-refractivity contribution in [1.82, 2.24) is 9.80 Å². The summed E-state index contributed by atoms with van der Waals surface area (Å²) in [4.78, 5) is 28.2. The average Bonchev–Trinajstić information content (AvgIpc) is 2.62. The zero-order chi connectivity index (χ0) is 19.6. The van der Waals surface area contributed by atoms with Gasteiger partial charge < -0.3 is 10.0 Å². The summed E-state index contributed by atoms with van der Waals surface area (Å²) in [6.07, 6.45) is 0. The smallest absolute Gasteiger partial charge is 0.335 e. The fourth-order valence-electron chi connectivity index (χ4n) is 3.82. The number of carboxylic acids is 1. The van der Waals surface area contributed by atoms with Crippen molar-refractivity contribution in [3.8, 4) is 0 Å². The molecule has 1 heterocycles. The summed E-state index contributed by atoms with van der Waals surface area (Å²) in [5.74, 6) is -0.826. The number of carbonyl (C=O) groups excluding carboxylic acids is 1. The number of carboxylic acid groups (broad SMARTS) is 1. The predicted molar refractivity (Wildman–Crippen MR) is 105 cm³/mol. The number of amides is 1. The van der Waals surface area contributed by atoms with Crippen LogP contribution >= 0.6 is 0 Å². The molecule has 0 spiro atoms. The molecule has 1 aliphatic heterocycles. The first kappa shape index (κ1) is 19.1. The Morgan fingerprint density at radius 3 is 1.96 bits per heavy atom. The largest absolute Gasteiger partial charge is 0.478 e. The zero-order valence-electron chi connectivity index (χ0n) is 16.1. The van der Waals surface area contributed by atoms with E-state index in [1.165, 1.54) is 0 Å². The first-order valence-corrected chi connectivity index (χ1v) is 9.29. The Kier molecular flexibility index (Phi) is 5.61. The summed E-state index contributed by atoms with van der Waals surface area (Å²) in [6.45, 7) is 8.53. The van der Waals surface area contributed by atoms with E-state index in [0.29, 0.717) is 5.56 Å². The van der Waals surface area contributed by atoms with Gasteiger partial charge in [-0.3, -0.25) is 9.69 Å². The van der Waals surface area contributed by atoms with Crippen LogP contribution in [0.5, 0.6) is 0 Å². The van der Waals surface area contributed by atoms with Crippen molar-refractivity contribution >= 4 is 11.9 Å². The van der Waals surface area contributed by atoms with Gasteiger partial charge in [-0.2, -0.15) is 0 Å². The Bertz CT molecular complexity index is 802. The molecule has 5 nitrogen and oxygen atoms in total. The summed E-state index contributed by atoms with van der Waals surface area (Å²) < 4.78 is 0. The molecule has 1 N–H and O–H groups in total. The van der Waals surface area contributed by atoms with Crippen LogP contribution in [-0.4, -0.2) is 52.0 Å². The number of hydrogen-bond acceptors (Lipinski definition) is 3. The highest BCUT2D eigenvalue weighted by atomic mass is 16.4. The topological polar surface area (TPSA) is 60.9 Å². The van der Waals surface area contributed by atoms with Crippen molar-refractivity contribution in [2.45, 2.75) is 39.4 Å². The van der Waals surface area contributed by atoms with Gasteiger partial charge in [-0.15, -0.1) is 0 Å². The van der Waals surface area contributed by atoms with Gasteiger partial charge in [0.1, 0.15) is 0 Å². The minimum Gasteiger partial charge on any atom is -0.478 e. The molecule has 1 aliphatic rings. The Hall–Kier alpha value is -2.66. The molecular formula is C22H26N2O3. The number of benzene rings is 2. The lowest BCUT2D eigenvalue weighted by Gasteiger charge is -2.44. The number of rotatable bonds is 4. The van der Waals surface area contributed by atoms with E-state index in [1.807, 2.05) is 48.2 Å². The molecular weight excluding hydrogens is 340 g/mol. The van der Waals surface area contributed by atoms with Crippen LogP contribution in [0, 0.1) is 6.92 Å². The lowest BCUT2D eigenvalue weighted by atomic mass is 10.0. The van der Waals surface area contributed by atoms with E-state index in [1.54, 1.807) is 12.1 Å². The number of nitrogens with zero attached hydrogens (tertiary/aromatic N) is 2. The number of aryl methyl sites for hydroxylation is 1. The maximum Gasteiger partial charge on any atom is 0.335 e. The van der Waals surface area contributed by atoms with E-state index in [2.05, 4.69) is 18.7 Å². The molecule has 1 fully saturated rings. The summed E-state index contributed by atoms with van der Waals surface area (Å²) >= 11 is 0. The van der Waals surface area contributed by atoms with Crippen molar-refractivity contribution in [3.63, 3.8) is 0 Å². The van der Waals surface area contributed by atoms with Gasteiger partial charge >= 0.3 is 5.97 Å². The second-order valence-electron chi connectivity index (χ2n) is 7.47. The molecule has 0 saturated carbocycles. The molecule has 2 atom stereocenters. The second kappa shape index (κ2) is 7.92. The lowest BCUT2D eigenvalue weighted by molar-refractivity contribution is 0.0268. The van der Waals surface area contributed by atoms with Gasteiger partial charge in [0.15, 0.2) is 0 Å². The highest BCUT2D eigenvalue weighted by molar-refractivity contribution is 5.94. The minimum absolute atomic E-state index is 0.0838. The highest BCUT2D eigenvalue weighted by Crippen LogP contribution is 2.21. The molecule has 0 aromatic heterocycles. The zero-order valence-corrected chi connectivity index (χ0v) is 16.1. The molecule has 27 heavy (non-hydrogen) atoms. The Morgan fingerprint density at radius 2 is 1.44 bits per heavy atom. The van der Waals surface area contributed by atoms with Crippen molar-refractivity contribution in [2.75, 3.05) is 13.1 Å². The van der Waals surface area contributed by atoms with Crippen LogP contribution in [-0.2, 0) is 6.54 Å². The number of carbonyl (C=O) groups is 2. The molecule has 0 unspecified atom stereocenters. The average molecular weight is 366 g/mol. The van der Waals surface area contributed by atoms with E-state index in [-0.39, 0.29) is 18.0 Å². The van der Waals surface area contributed by atoms with Crippen LogP contribution in [0.15, 0.2) is 48.5 Å². The summed E-state index contributed by atoms with van der Waals surface area (Å²) in [7, 11) is 0. The number of piperazine rings is 1. The van der Waals surface area contributed by atoms with Gasteiger partial charge in [0.2, 0.25) is 0 Å². The highest BCUT2D eigenvalue weighted by Gasteiger charge is 2.33. The lowest BCUT2D eigenvalue weighted by Crippen LogP contribution is -2.58. The van der Waals surface area contributed by atoms with E-state index in [0.717, 1.165) is 36.3 Å². The number of aromatic carboxylic acids is 1. The van der Waals surface area contributed by atoms with Gasteiger partial charge in [-0.05, 0) is 50.6 Å². The van der Waals surface area contributed by atoms with Crippen LogP contribution in [0.2, 0.25) is 0 Å². The van der Waals surface area contributed by atoms with Gasteiger partial charge in [-0.1, -0.05) is 29.8 Å². The normalized spacial score (nSPS) is 20.5. The third-order valence-corrected chi connectivity index (χ3v) is 5.13. The first-order valence-electron chi connectivity index (χ1n) is 9.29. The van der Waals surface area contributed by atoms with Crippen LogP contribution in [0.3, 0.4) is 0 Å². The molecule has 2 aromatic rings. The van der Waals surface area contributed by atoms with Crippen LogP contribution < -0.4 is 0 Å². The fourth-order valence-corrected chi connectivity index (χ4v) is 3.82. The van der Waals surface area contributed by atoms with Crippen molar-refractivity contribution < 1.29 is 14.7 Å². The number of hydrogen-bond donors (Lipinski definition) is 1. The standard InChI is InChI=1S/C22H26N2O3/c1-15-4-8-19(9-5-15)21(25)24-16(2)12-23(13-17(24)3)14-18-6-10-20(11-7-18)22(26)27/h4-11,16-17H,12-14H2,1-3H3,(H,26,27)/t16-,17+. The van der Waals surface area contributed by atoms with Crippen molar-refractivity contribution in [1.29, 1.82) is 0 Å². The molecule has 0 radical (unpaired) electrons. The minimum atomic E-state index is -0.910. The summed E-state index contributed by atoms with van der Waals surface area (Å²) in [5.41, 5.74) is 3.26. The van der Waals surface area contributed by atoms with E-state index >= 15 is 0 Å². The van der Waals surface area contributed by atoms with Crippen LogP contribution in [0.1, 0.15) is 45.7 Å². The van der Waals surface area contributed by atoms with E-state index in [4.69, 9.17) is 5.11 Å². The maximum absolute atomic E-state index is 12.9. The molecule has 5 heteroatoms. The van der Waals surface area contributed by atoms with Gasteiger partial charge in [-0.25, -0.2) is 4.79 Å². The molecule has 0 aliphatic carbocycles. The fraction of sp³-hybridized carbons (Fsp3) is 0.364. The Labute approximate surface area is 160 Å². The molecule has 3 rings (SSSR count). The van der Waals surface area contributed by atoms with Crippen LogP contribution in [0.4, 0.5) is 0 Å². The molecule has 0 bridgehead atoms.